The van der Waals surface area contributed by atoms with Gasteiger partial charge in [-0.3, -0.25) is 14.0 Å². The topological polar surface area (TPSA) is 121 Å². The number of nitrogens with one attached hydrogen (secondary N) is 1. The van der Waals surface area contributed by atoms with Gasteiger partial charge >= 0.3 is 6.09 Å². The molecule has 3 aliphatic rings. The Balaban J connectivity index is 1.54. The number of Topliss-reactive ketones (excluding diaryl/α,β-unsaturated/α-hetero) is 1. The number of pyridine rings is 1. The maximum absolute atomic E-state index is 13.0. The molecule has 172 valence electrons. The molecule has 0 spiro atoms. The highest BCUT2D eigenvalue weighted by atomic mass is 32.2. The van der Waals surface area contributed by atoms with Crippen LogP contribution in [-0.4, -0.2) is 55.4 Å². The number of nitrogens with zero attached hydrogens (tertiary/aromatic N) is 1. The molecule has 1 atom stereocenters. The predicted molar refractivity (Wildman–Crippen MR) is 112 cm³/mol. The number of carbonyl (C=O) groups excluding carboxylic acids is 2. The maximum Gasteiger partial charge on any atom is 0.408 e. The molecule has 1 unspecified atom stereocenters. The summed E-state index contributed by atoms with van der Waals surface area (Å²) in [5.74, 6) is 0.368. The van der Waals surface area contributed by atoms with Gasteiger partial charge in [-0.25, -0.2) is 4.79 Å². The van der Waals surface area contributed by atoms with Gasteiger partial charge in [0.15, 0.2) is 11.9 Å². The third kappa shape index (κ3) is 6.39. The van der Waals surface area contributed by atoms with E-state index in [1.54, 1.807) is 24.5 Å². The van der Waals surface area contributed by atoms with Crippen LogP contribution in [-0.2, 0) is 23.8 Å². The fourth-order valence-corrected chi connectivity index (χ4v) is 4.89. The lowest BCUT2D eigenvalue weighted by molar-refractivity contribution is -0.167. The van der Waals surface area contributed by atoms with Gasteiger partial charge < -0.3 is 14.8 Å². The maximum atomic E-state index is 13.0. The summed E-state index contributed by atoms with van der Waals surface area (Å²) in [6, 6.07) is 3.27. The van der Waals surface area contributed by atoms with Crippen molar-refractivity contribution in [3.63, 3.8) is 0 Å². The van der Waals surface area contributed by atoms with E-state index in [0.717, 1.165) is 6.26 Å². The zero-order valence-corrected chi connectivity index (χ0v) is 19.2. The molecule has 0 saturated heterocycles. The van der Waals surface area contributed by atoms with Gasteiger partial charge in [-0.15, -0.1) is 0 Å². The van der Waals surface area contributed by atoms with Gasteiger partial charge in [-0.2, -0.15) is 8.42 Å². The number of hydrogen-bond acceptors (Lipinski definition) is 8. The molecular formula is C21H30N2O7S. The Morgan fingerprint density at radius 3 is 2.35 bits per heavy atom. The minimum atomic E-state index is -3.60. The van der Waals surface area contributed by atoms with E-state index in [1.165, 1.54) is 0 Å². The van der Waals surface area contributed by atoms with E-state index >= 15 is 0 Å². The van der Waals surface area contributed by atoms with Crippen LogP contribution in [0.3, 0.4) is 0 Å². The molecule has 1 aromatic heterocycles. The Kier molecular flexibility index (Phi) is 6.35. The summed E-state index contributed by atoms with van der Waals surface area (Å²) in [6.45, 7) is 5.29. The van der Waals surface area contributed by atoms with Crippen LogP contribution >= 0.6 is 0 Å². The number of alkyl carbamates (subject to hydrolysis) is 1. The highest BCUT2D eigenvalue weighted by Gasteiger charge is 2.69. The number of ether oxygens (including phenoxy) is 2. The van der Waals surface area contributed by atoms with Crippen LogP contribution in [0.1, 0.15) is 52.9 Å². The summed E-state index contributed by atoms with van der Waals surface area (Å²) >= 11 is 0. The van der Waals surface area contributed by atoms with Gasteiger partial charge in [0.25, 0.3) is 10.1 Å². The molecule has 0 aromatic carbocycles. The van der Waals surface area contributed by atoms with Gasteiger partial charge in [0.05, 0.1) is 12.9 Å². The molecular weight excluding hydrogens is 424 g/mol. The van der Waals surface area contributed by atoms with Gasteiger partial charge in [0.1, 0.15) is 11.4 Å². The van der Waals surface area contributed by atoms with E-state index in [1.807, 2.05) is 20.8 Å². The first-order valence-electron chi connectivity index (χ1n) is 10.2. The molecule has 31 heavy (non-hydrogen) atoms. The summed E-state index contributed by atoms with van der Waals surface area (Å²) in [4.78, 5) is 29.0. The van der Waals surface area contributed by atoms with E-state index in [9.17, 15) is 18.0 Å². The third-order valence-electron chi connectivity index (χ3n) is 5.42. The quantitative estimate of drug-likeness (QED) is 0.536. The lowest BCUT2D eigenvalue weighted by Gasteiger charge is -2.70. The number of carbonyl (C=O) groups is 2. The van der Waals surface area contributed by atoms with E-state index in [4.69, 9.17) is 13.7 Å². The van der Waals surface area contributed by atoms with Gasteiger partial charge in [0, 0.05) is 30.8 Å². The van der Waals surface area contributed by atoms with Crippen LogP contribution in [0.5, 0.6) is 5.75 Å². The molecule has 3 aliphatic carbocycles. The molecule has 2 bridgehead atoms. The molecule has 1 N–H and O–H groups in total. The number of rotatable bonds is 10. The Bertz CT molecular complexity index is 905. The Labute approximate surface area is 183 Å². The minimum Gasteiger partial charge on any atom is -0.482 e. The molecule has 9 nitrogen and oxygen atoms in total. The summed E-state index contributed by atoms with van der Waals surface area (Å²) in [7, 11) is -3.60. The molecule has 10 heteroatoms. The summed E-state index contributed by atoms with van der Waals surface area (Å²) < 4.78 is 38.4. The zero-order chi connectivity index (χ0) is 22.9. The number of amides is 1. The lowest BCUT2D eigenvalue weighted by atomic mass is 9.38. The third-order valence-corrected chi connectivity index (χ3v) is 6.01. The van der Waals surface area contributed by atoms with Crippen LogP contribution in [0, 0.1) is 5.41 Å². The van der Waals surface area contributed by atoms with Crippen molar-refractivity contribution in [2.45, 2.75) is 70.1 Å². The van der Waals surface area contributed by atoms with Crippen molar-refractivity contribution in [3.8, 4) is 5.75 Å². The second-order valence-electron chi connectivity index (χ2n) is 9.68. The average molecular weight is 455 g/mol. The van der Waals surface area contributed by atoms with Crippen LogP contribution in [0.15, 0.2) is 24.5 Å². The molecule has 1 amide bonds. The Morgan fingerprint density at radius 2 is 1.81 bits per heavy atom. The van der Waals surface area contributed by atoms with E-state index in [-0.39, 0.29) is 29.8 Å². The summed E-state index contributed by atoms with van der Waals surface area (Å²) in [5.41, 5.74) is -1.00. The fourth-order valence-electron chi connectivity index (χ4n) is 4.50. The first-order chi connectivity index (χ1) is 14.3. The normalized spacial score (nSPS) is 25.5. The molecule has 3 saturated carbocycles. The average Bonchev–Trinajstić information content (AvgIpc) is 2.56. The smallest absolute Gasteiger partial charge is 0.408 e. The number of ketones is 1. The highest BCUT2D eigenvalue weighted by Crippen LogP contribution is 2.69. The molecule has 0 aliphatic heterocycles. The van der Waals surface area contributed by atoms with E-state index < -0.39 is 27.9 Å². The van der Waals surface area contributed by atoms with Crippen LogP contribution in [0.25, 0.3) is 0 Å². The molecule has 1 heterocycles. The Morgan fingerprint density at radius 1 is 1.19 bits per heavy atom. The van der Waals surface area contributed by atoms with Crippen molar-refractivity contribution in [2.24, 2.45) is 5.41 Å². The van der Waals surface area contributed by atoms with Crippen molar-refractivity contribution in [2.75, 3.05) is 12.9 Å². The number of hydrogen-bond donors (Lipinski definition) is 1. The van der Waals surface area contributed by atoms with Crippen molar-refractivity contribution >= 4 is 22.0 Å². The largest absolute Gasteiger partial charge is 0.482 e. The molecule has 0 radical (unpaired) electrons. The van der Waals surface area contributed by atoms with Crippen molar-refractivity contribution in [3.05, 3.63) is 24.5 Å². The lowest BCUT2D eigenvalue weighted by Crippen LogP contribution is -2.75. The van der Waals surface area contributed by atoms with Crippen LogP contribution in [0.4, 0.5) is 4.79 Å². The highest BCUT2D eigenvalue weighted by molar-refractivity contribution is 7.85. The second-order valence-corrected chi connectivity index (χ2v) is 11.3. The second kappa shape index (κ2) is 8.38. The predicted octanol–water partition coefficient (Wildman–Crippen LogP) is 2.60. The van der Waals surface area contributed by atoms with E-state index in [0.29, 0.717) is 31.4 Å². The molecule has 4 rings (SSSR count). The van der Waals surface area contributed by atoms with Crippen LogP contribution < -0.4 is 10.1 Å². The van der Waals surface area contributed by atoms with Crippen molar-refractivity contribution < 1.29 is 31.7 Å². The Hall–Kier alpha value is -2.20. The summed E-state index contributed by atoms with van der Waals surface area (Å²) in [5, 5.41) is 2.94. The fraction of sp³-hybridized carbons (Fsp3) is 0.667. The SMILES string of the molecule is CC(C)(C)OC(=O)NC12CC(CC(=O)C(CCOS(C)(=O)=O)Oc3ccncc3)(C1)C2. The van der Waals surface area contributed by atoms with Gasteiger partial charge in [-0.05, 0) is 57.6 Å². The van der Waals surface area contributed by atoms with Crippen molar-refractivity contribution in [1.29, 1.82) is 0 Å². The molecule has 3 fully saturated rings. The van der Waals surface area contributed by atoms with E-state index in [2.05, 4.69) is 10.3 Å². The first kappa shape index (κ1) is 23.5. The number of aromatic nitrogens is 1. The standard InChI is InChI=1S/C21H30N2O7S/c1-19(2,3)30-18(25)23-21-12-20(13-21,14-21)11-16(24)17(7-10-28-31(4,26)27)29-15-5-8-22-9-6-15/h5-6,8-9,17H,7,10-14H2,1-4H3,(H,23,25). The van der Waals surface area contributed by atoms with Gasteiger partial charge in [0.2, 0.25) is 0 Å². The monoisotopic (exact) mass is 454 g/mol. The minimum absolute atomic E-state index is 0.112. The van der Waals surface area contributed by atoms with Crippen LogP contribution in [0.2, 0.25) is 0 Å². The summed E-state index contributed by atoms with van der Waals surface area (Å²) in [6.07, 6.45) is 5.37. The zero-order valence-electron chi connectivity index (χ0n) is 18.3. The molecule has 1 aromatic rings. The van der Waals surface area contributed by atoms with Gasteiger partial charge in [-0.1, -0.05) is 0 Å². The first-order valence-corrected chi connectivity index (χ1v) is 12.1. The van der Waals surface area contributed by atoms with Crippen molar-refractivity contribution in [1.82, 2.24) is 10.3 Å².